The molecule has 0 fully saturated rings. The lowest BCUT2D eigenvalue weighted by Crippen LogP contribution is -2.10. The molecule has 0 aliphatic rings. The number of carbonyl (C=O) groups excluding carboxylic acids is 1. The maximum Gasteiger partial charge on any atom is 0.328 e. The van der Waals surface area contributed by atoms with Crippen LogP contribution in [0.15, 0.2) is 24.3 Å². The monoisotopic (exact) mass is 296 g/mol. The van der Waals surface area contributed by atoms with Crippen LogP contribution in [0.3, 0.4) is 0 Å². The first-order valence-corrected chi connectivity index (χ1v) is 6.03. The van der Waals surface area contributed by atoms with Crippen LogP contribution < -0.4 is 0 Å². The van der Waals surface area contributed by atoms with Crippen molar-refractivity contribution in [3.63, 3.8) is 0 Å². The standard InChI is InChI=1S/C13H13BrO3/c1-8-3-4-11(13(17)9(2)14)7-10(8)5-6-12(15)16/h3-7,9H,1-2H3,(H,15,16)/b6-5+. The summed E-state index contributed by atoms with van der Waals surface area (Å²) in [5, 5.41) is 8.57. The Morgan fingerprint density at radius 1 is 1.41 bits per heavy atom. The van der Waals surface area contributed by atoms with Crippen molar-refractivity contribution in [2.45, 2.75) is 18.7 Å². The molecule has 1 rings (SSSR count). The molecular formula is C13H13BrO3. The Balaban J connectivity index is 3.10. The van der Waals surface area contributed by atoms with Gasteiger partial charge in [0.25, 0.3) is 0 Å². The minimum absolute atomic E-state index is 0.0185. The van der Waals surface area contributed by atoms with E-state index in [2.05, 4.69) is 15.9 Å². The van der Waals surface area contributed by atoms with E-state index < -0.39 is 5.97 Å². The fourth-order valence-corrected chi connectivity index (χ4v) is 1.63. The largest absolute Gasteiger partial charge is 0.478 e. The van der Waals surface area contributed by atoms with E-state index in [1.807, 2.05) is 13.0 Å². The van der Waals surface area contributed by atoms with Gasteiger partial charge in [0.1, 0.15) is 0 Å². The SMILES string of the molecule is Cc1ccc(C(=O)C(C)Br)cc1/C=C/C(=O)O. The molecule has 0 saturated carbocycles. The predicted molar refractivity (Wildman–Crippen MR) is 70.6 cm³/mol. The normalized spacial score (nSPS) is 12.6. The van der Waals surface area contributed by atoms with Crippen LogP contribution in [0.25, 0.3) is 6.08 Å². The third-order valence-electron chi connectivity index (χ3n) is 2.33. The quantitative estimate of drug-likeness (QED) is 0.528. The van der Waals surface area contributed by atoms with Gasteiger partial charge in [0, 0.05) is 11.6 Å². The van der Waals surface area contributed by atoms with Crippen molar-refractivity contribution < 1.29 is 14.7 Å². The predicted octanol–water partition coefficient (Wildman–Crippen LogP) is 3.06. The summed E-state index contributed by atoms with van der Waals surface area (Å²) < 4.78 is 0. The van der Waals surface area contributed by atoms with E-state index in [0.717, 1.165) is 17.2 Å². The fourth-order valence-electron chi connectivity index (χ4n) is 1.36. The van der Waals surface area contributed by atoms with Crippen molar-refractivity contribution in [2.75, 3.05) is 0 Å². The molecule has 17 heavy (non-hydrogen) atoms. The summed E-state index contributed by atoms with van der Waals surface area (Å²) >= 11 is 3.22. The highest BCUT2D eigenvalue weighted by Crippen LogP contribution is 2.16. The van der Waals surface area contributed by atoms with Crippen LogP contribution in [-0.4, -0.2) is 21.7 Å². The molecule has 0 radical (unpaired) electrons. The van der Waals surface area contributed by atoms with E-state index in [1.54, 1.807) is 19.1 Å². The first-order valence-electron chi connectivity index (χ1n) is 5.11. The molecule has 0 amide bonds. The molecule has 0 saturated heterocycles. The maximum atomic E-state index is 11.8. The second-order valence-corrected chi connectivity index (χ2v) is 5.10. The number of benzene rings is 1. The summed E-state index contributed by atoms with van der Waals surface area (Å²) in [5.41, 5.74) is 2.25. The summed E-state index contributed by atoms with van der Waals surface area (Å²) in [7, 11) is 0. The second kappa shape index (κ2) is 5.77. The van der Waals surface area contributed by atoms with Crippen LogP contribution in [0, 0.1) is 6.92 Å². The zero-order valence-corrected chi connectivity index (χ0v) is 11.2. The Kier molecular flexibility index (Phi) is 4.63. The summed E-state index contributed by atoms with van der Waals surface area (Å²) in [5.74, 6) is -1.02. The molecule has 0 aliphatic heterocycles. The smallest absolute Gasteiger partial charge is 0.328 e. The van der Waals surface area contributed by atoms with Crippen LogP contribution in [0.2, 0.25) is 0 Å². The number of carboxylic acid groups (broad SMARTS) is 1. The number of Topliss-reactive ketones (excluding diaryl/α,β-unsaturated/α-hetero) is 1. The van der Waals surface area contributed by atoms with Gasteiger partial charge in [0.15, 0.2) is 5.78 Å². The van der Waals surface area contributed by atoms with Gasteiger partial charge in [-0.15, -0.1) is 0 Å². The number of halogens is 1. The third-order valence-corrected chi connectivity index (χ3v) is 2.75. The lowest BCUT2D eigenvalue weighted by molar-refractivity contribution is -0.131. The van der Waals surface area contributed by atoms with Gasteiger partial charge in [-0.2, -0.15) is 0 Å². The first kappa shape index (κ1) is 13.6. The molecule has 0 heterocycles. The van der Waals surface area contributed by atoms with Crippen molar-refractivity contribution in [2.24, 2.45) is 0 Å². The van der Waals surface area contributed by atoms with Crippen LogP contribution in [0.1, 0.15) is 28.4 Å². The number of hydrogen-bond donors (Lipinski definition) is 1. The number of carboxylic acids is 1. The minimum atomic E-state index is -1.00. The Hall–Kier alpha value is -1.42. The molecule has 1 aromatic carbocycles. The van der Waals surface area contributed by atoms with Gasteiger partial charge >= 0.3 is 5.97 Å². The fraction of sp³-hybridized carbons (Fsp3) is 0.231. The zero-order chi connectivity index (χ0) is 13.0. The van der Waals surface area contributed by atoms with Crippen molar-refractivity contribution in [3.05, 3.63) is 41.0 Å². The van der Waals surface area contributed by atoms with Crippen molar-refractivity contribution in [1.29, 1.82) is 0 Å². The van der Waals surface area contributed by atoms with Crippen LogP contribution in [0.5, 0.6) is 0 Å². The number of ketones is 1. The summed E-state index contributed by atoms with van der Waals surface area (Å²) in [6.07, 6.45) is 2.56. The highest BCUT2D eigenvalue weighted by Gasteiger charge is 2.12. The Labute approximate surface area is 108 Å². The number of aliphatic carboxylic acids is 1. The van der Waals surface area contributed by atoms with Gasteiger partial charge < -0.3 is 5.11 Å². The van der Waals surface area contributed by atoms with E-state index in [1.165, 1.54) is 6.08 Å². The lowest BCUT2D eigenvalue weighted by atomic mass is 10.0. The Morgan fingerprint density at radius 3 is 2.59 bits per heavy atom. The molecule has 1 N–H and O–H groups in total. The Bertz CT molecular complexity index is 476. The minimum Gasteiger partial charge on any atom is -0.478 e. The molecule has 3 nitrogen and oxygen atoms in total. The molecule has 1 atom stereocenters. The highest BCUT2D eigenvalue weighted by molar-refractivity contribution is 9.10. The number of carbonyl (C=O) groups is 2. The molecule has 0 bridgehead atoms. The van der Waals surface area contributed by atoms with Gasteiger partial charge in [0.2, 0.25) is 0 Å². The third kappa shape index (κ3) is 3.82. The molecule has 1 unspecified atom stereocenters. The molecule has 0 spiro atoms. The van der Waals surface area contributed by atoms with Crippen LogP contribution >= 0.6 is 15.9 Å². The summed E-state index contributed by atoms with van der Waals surface area (Å²) in [6.45, 7) is 3.63. The molecule has 4 heteroatoms. The van der Waals surface area contributed by atoms with E-state index in [9.17, 15) is 9.59 Å². The lowest BCUT2D eigenvalue weighted by Gasteiger charge is -2.06. The van der Waals surface area contributed by atoms with E-state index in [-0.39, 0.29) is 10.6 Å². The average Bonchev–Trinajstić information content (AvgIpc) is 2.26. The van der Waals surface area contributed by atoms with Crippen LogP contribution in [0.4, 0.5) is 0 Å². The average molecular weight is 297 g/mol. The van der Waals surface area contributed by atoms with Gasteiger partial charge in [-0.25, -0.2) is 4.79 Å². The summed E-state index contributed by atoms with van der Waals surface area (Å²) in [6, 6.07) is 5.26. The topological polar surface area (TPSA) is 54.4 Å². The molecule has 90 valence electrons. The van der Waals surface area contributed by atoms with E-state index >= 15 is 0 Å². The van der Waals surface area contributed by atoms with E-state index in [0.29, 0.717) is 5.56 Å². The number of aryl methyl sites for hydroxylation is 1. The van der Waals surface area contributed by atoms with Crippen molar-refractivity contribution >= 4 is 33.8 Å². The molecule has 1 aromatic rings. The summed E-state index contributed by atoms with van der Waals surface area (Å²) in [4.78, 5) is 22.0. The molecule has 0 aromatic heterocycles. The Morgan fingerprint density at radius 2 is 2.06 bits per heavy atom. The van der Waals surface area contributed by atoms with Gasteiger partial charge in [0.05, 0.1) is 4.83 Å². The van der Waals surface area contributed by atoms with Gasteiger partial charge in [-0.05, 0) is 37.1 Å². The maximum absolute atomic E-state index is 11.8. The molecule has 0 aliphatic carbocycles. The molecular weight excluding hydrogens is 284 g/mol. The highest BCUT2D eigenvalue weighted by atomic mass is 79.9. The zero-order valence-electron chi connectivity index (χ0n) is 9.61. The van der Waals surface area contributed by atoms with Crippen molar-refractivity contribution in [1.82, 2.24) is 0 Å². The first-order chi connectivity index (χ1) is 7.91. The van der Waals surface area contributed by atoms with Crippen LogP contribution in [-0.2, 0) is 4.79 Å². The number of rotatable bonds is 4. The van der Waals surface area contributed by atoms with Gasteiger partial charge in [-0.1, -0.05) is 28.1 Å². The number of hydrogen-bond acceptors (Lipinski definition) is 2. The van der Waals surface area contributed by atoms with E-state index in [4.69, 9.17) is 5.11 Å². The van der Waals surface area contributed by atoms with Gasteiger partial charge in [-0.3, -0.25) is 4.79 Å². The second-order valence-electron chi connectivity index (χ2n) is 3.72. The van der Waals surface area contributed by atoms with Crippen molar-refractivity contribution in [3.8, 4) is 0 Å². The number of alkyl halides is 1.